The number of rotatable bonds is 3. The Morgan fingerprint density at radius 1 is 1.18 bits per heavy atom. The zero-order valence-corrected chi connectivity index (χ0v) is 16.7. The van der Waals surface area contributed by atoms with Crippen LogP contribution in [0.4, 0.5) is 0 Å². The zero-order chi connectivity index (χ0) is 19.8. The summed E-state index contributed by atoms with van der Waals surface area (Å²) in [6.45, 7) is 3.56. The molecule has 0 aliphatic carbocycles. The number of methoxy groups -OCH3 is 1. The SMILES string of the molecule is COc1ccc2cc([C@H]3CC(c4ccc(C)cc4)=NN3C(C)=O)c(Cl)nc2c1. The van der Waals surface area contributed by atoms with Crippen molar-refractivity contribution in [2.45, 2.75) is 26.3 Å². The molecule has 28 heavy (non-hydrogen) atoms. The van der Waals surface area contributed by atoms with Gasteiger partial charge in [-0.2, -0.15) is 5.10 Å². The number of hydrogen-bond donors (Lipinski definition) is 0. The maximum Gasteiger partial charge on any atom is 0.240 e. The van der Waals surface area contributed by atoms with Crippen LogP contribution in [0, 0.1) is 6.92 Å². The van der Waals surface area contributed by atoms with Crippen molar-refractivity contribution >= 4 is 34.1 Å². The van der Waals surface area contributed by atoms with E-state index < -0.39 is 0 Å². The molecule has 1 aromatic heterocycles. The predicted octanol–water partition coefficient (Wildman–Crippen LogP) is 4.90. The van der Waals surface area contributed by atoms with Crippen molar-refractivity contribution in [1.82, 2.24) is 9.99 Å². The van der Waals surface area contributed by atoms with Crippen molar-refractivity contribution in [1.29, 1.82) is 0 Å². The molecule has 0 unspecified atom stereocenters. The minimum atomic E-state index is -0.277. The highest BCUT2D eigenvalue weighted by Crippen LogP contribution is 2.37. The minimum absolute atomic E-state index is 0.127. The molecule has 5 nitrogen and oxygen atoms in total. The fraction of sp³-hybridized carbons (Fsp3) is 0.227. The van der Waals surface area contributed by atoms with E-state index >= 15 is 0 Å². The number of benzene rings is 2. The average molecular weight is 394 g/mol. The summed E-state index contributed by atoms with van der Waals surface area (Å²) >= 11 is 6.52. The molecule has 0 saturated carbocycles. The van der Waals surface area contributed by atoms with Crippen molar-refractivity contribution in [2.75, 3.05) is 7.11 Å². The van der Waals surface area contributed by atoms with Gasteiger partial charge in [0.2, 0.25) is 5.91 Å². The van der Waals surface area contributed by atoms with Gasteiger partial charge in [-0.05, 0) is 30.7 Å². The first kappa shape index (κ1) is 18.4. The van der Waals surface area contributed by atoms with Gasteiger partial charge in [0, 0.05) is 30.4 Å². The Hall–Kier alpha value is -2.92. The topological polar surface area (TPSA) is 54.8 Å². The Kier molecular flexibility index (Phi) is 4.77. The lowest BCUT2D eigenvalue weighted by molar-refractivity contribution is -0.130. The number of halogens is 1. The van der Waals surface area contributed by atoms with E-state index in [2.05, 4.69) is 10.1 Å². The van der Waals surface area contributed by atoms with E-state index in [0.717, 1.165) is 33.5 Å². The summed E-state index contributed by atoms with van der Waals surface area (Å²) in [7, 11) is 1.62. The number of hydrazone groups is 1. The van der Waals surface area contributed by atoms with Crippen LogP contribution >= 0.6 is 11.6 Å². The Balaban J connectivity index is 1.74. The van der Waals surface area contributed by atoms with Crippen LogP contribution in [0.25, 0.3) is 10.9 Å². The number of aryl methyl sites for hydroxylation is 1. The quantitative estimate of drug-likeness (QED) is 0.594. The first-order valence-electron chi connectivity index (χ1n) is 9.05. The van der Waals surface area contributed by atoms with E-state index in [1.54, 1.807) is 7.11 Å². The standard InChI is InChI=1S/C22H20ClN3O2/c1-13-4-6-15(7-5-13)20-12-21(26(25-20)14(2)27)18-10-16-8-9-17(28-3)11-19(16)24-22(18)23/h4-11,21H,12H2,1-3H3/t21-/m1/s1. The molecule has 0 N–H and O–H groups in total. The monoisotopic (exact) mass is 393 g/mol. The molecular formula is C22H20ClN3O2. The molecule has 2 heterocycles. The number of ether oxygens (including phenoxy) is 1. The summed E-state index contributed by atoms with van der Waals surface area (Å²) in [5.41, 5.74) is 4.60. The number of aromatic nitrogens is 1. The highest BCUT2D eigenvalue weighted by Gasteiger charge is 2.33. The summed E-state index contributed by atoms with van der Waals surface area (Å²) < 4.78 is 5.26. The van der Waals surface area contributed by atoms with Crippen LogP contribution in [0.2, 0.25) is 5.15 Å². The summed E-state index contributed by atoms with van der Waals surface area (Å²) in [4.78, 5) is 16.8. The van der Waals surface area contributed by atoms with Gasteiger partial charge in [-0.25, -0.2) is 9.99 Å². The molecule has 4 rings (SSSR count). The van der Waals surface area contributed by atoms with E-state index in [-0.39, 0.29) is 11.9 Å². The van der Waals surface area contributed by atoms with Gasteiger partial charge in [-0.3, -0.25) is 4.79 Å². The van der Waals surface area contributed by atoms with Crippen molar-refractivity contribution in [3.63, 3.8) is 0 Å². The normalized spacial score (nSPS) is 16.4. The van der Waals surface area contributed by atoms with Crippen molar-refractivity contribution in [2.24, 2.45) is 5.10 Å². The summed E-state index contributed by atoms with van der Waals surface area (Å²) in [5, 5.41) is 7.41. The number of fused-ring (bicyclic) bond motifs is 1. The molecule has 0 radical (unpaired) electrons. The van der Waals surface area contributed by atoms with Gasteiger partial charge in [-0.1, -0.05) is 41.4 Å². The lowest BCUT2D eigenvalue weighted by Gasteiger charge is -2.21. The van der Waals surface area contributed by atoms with E-state index in [0.29, 0.717) is 11.6 Å². The third-order valence-corrected chi connectivity index (χ3v) is 5.28. The maximum atomic E-state index is 12.3. The van der Waals surface area contributed by atoms with E-state index in [1.807, 2.05) is 55.5 Å². The third kappa shape index (κ3) is 3.34. The van der Waals surface area contributed by atoms with Crippen LogP contribution in [0.5, 0.6) is 5.75 Å². The highest BCUT2D eigenvalue weighted by molar-refractivity contribution is 6.30. The van der Waals surface area contributed by atoms with Crippen LogP contribution in [-0.2, 0) is 4.79 Å². The van der Waals surface area contributed by atoms with E-state index in [9.17, 15) is 4.79 Å². The van der Waals surface area contributed by atoms with Gasteiger partial charge in [0.15, 0.2) is 0 Å². The molecule has 142 valence electrons. The van der Waals surface area contributed by atoms with Gasteiger partial charge in [0.05, 0.1) is 24.4 Å². The van der Waals surface area contributed by atoms with Crippen LogP contribution < -0.4 is 4.74 Å². The molecule has 1 aliphatic heterocycles. The summed E-state index contributed by atoms with van der Waals surface area (Å²) in [6, 6.07) is 15.5. The first-order valence-corrected chi connectivity index (χ1v) is 9.42. The fourth-order valence-electron chi connectivity index (χ4n) is 3.46. The van der Waals surface area contributed by atoms with Crippen molar-refractivity contribution < 1.29 is 9.53 Å². The maximum absolute atomic E-state index is 12.3. The van der Waals surface area contributed by atoms with Gasteiger partial charge < -0.3 is 4.74 Å². The Labute approximate surface area is 168 Å². The lowest BCUT2D eigenvalue weighted by Crippen LogP contribution is -2.24. The molecule has 2 aromatic carbocycles. The number of carbonyl (C=O) groups is 1. The number of hydrogen-bond acceptors (Lipinski definition) is 4. The number of nitrogens with zero attached hydrogens (tertiary/aromatic N) is 3. The molecule has 6 heteroatoms. The average Bonchev–Trinajstić information content (AvgIpc) is 3.13. The van der Waals surface area contributed by atoms with Crippen molar-refractivity contribution in [3.05, 3.63) is 70.4 Å². The lowest BCUT2D eigenvalue weighted by atomic mass is 9.98. The number of pyridine rings is 1. The zero-order valence-electron chi connectivity index (χ0n) is 15.9. The van der Waals surface area contributed by atoms with E-state index in [1.165, 1.54) is 17.5 Å². The van der Waals surface area contributed by atoms with Crippen LogP contribution in [0.3, 0.4) is 0 Å². The van der Waals surface area contributed by atoms with Gasteiger partial charge in [0.25, 0.3) is 0 Å². The van der Waals surface area contributed by atoms with Gasteiger partial charge in [0.1, 0.15) is 10.9 Å². The third-order valence-electron chi connectivity index (χ3n) is 4.98. The summed E-state index contributed by atoms with van der Waals surface area (Å²) in [6.07, 6.45) is 0.589. The molecular weight excluding hydrogens is 374 g/mol. The van der Waals surface area contributed by atoms with Gasteiger partial charge >= 0.3 is 0 Å². The Bertz CT molecular complexity index is 1090. The van der Waals surface area contributed by atoms with Crippen LogP contribution in [-0.4, -0.2) is 28.7 Å². The second-order valence-electron chi connectivity index (χ2n) is 6.92. The number of amides is 1. The van der Waals surface area contributed by atoms with Crippen molar-refractivity contribution in [3.8, 4) is 5.75 Å². The minimum Gasteiger partial charge on any atom is -0.497 e. The molecule has 1 atom stereocenters. The fourth-order valence-corrected chi connectivity index (χ4v) is 3.74. The largest absolute Gasteiger partial charge is 0.497 e. The molecule has 1 aliphatic rings. The molecule has 0 saturated heterocycles. The molecule has 0 spiro atoms. The smallest absolute Gasteiger partial charge is 0.240 e. The van der Waals surface area contributed by atoms with Crippen LogP contribution in [0.15, 0.2) is 53.6 Å². The molecule has 0 bridgehead atoms. The number of carbonyl (C=O) groups excluding carboxylic acids is 1. The van der Waals surface area contributed by atoms with Gasteiger partial charge in [-0.15, -0.1) is 0 Å². The Morgan fingerprint density at radius 3 is 2.61 bits per heavy atom. The second kappa shape index (κ2) is 7.24. The molecule has 1 amide bonds. The van der Waals surface area contributed by atoms with Crippen LogP contribution in [0.1, 0.15) is 36.1 Å². The first-order chi connectivity index (χ1) is 13.5. The second-order valence-corrected chi connectivity index (χ2v) is 7.28. The highest BCUT2D eigenvalue weighted by atomic mass is 35.5. The predicted molar refractivity (Wildman–Crippen MR) is 111 cm³/mol. The Morgan fingerprint density at radius 2 is 1.93 bits per heavy atom. The molecule has 0 fully saturated rings. The molecule has 3 aromatic rings. The summed E-state index contributed by atoms with van der Waals surface area (Å²) in [5.74, 6) is 0.595. The van der Waals surface area contributed by atoms with E-state index in [4.69, 9.17) is 16.3 Å².